The normalized spacial score (nSPS) is 17.4. The van der Waals surface area contributed by atoms with E-state index in [4.69, 9.17) is 9.84 Å². The highest BCUT2D eigenvalue weighted by Crippen LogP contribution is 2.25. The summed E-state index contributed by atoms with van der Waals surface area (Å²) < 4.78 is 6.10. The predicted octanol–water partition coefficient (Wildman–Crippen LogP) is 2.79. The van der Waals surface area contributed by atoms with Crippen molar-refractivity contribution >= 4 is 33.6 Å². The van der Waals surface area contributed by atoms with Crippen molar-refractivity contribution in [3.63, 3.8) is 0 Å². The smallest absolute Gasteiger partial charge is 0.335 e. The predicted molar refractivity (Wildman–Crippen MR) is 81.7 cm³/mol. The zero-order chi connectivity index (χ0) is 15.6. The third-order valence-electron chi connectivity index (χ3n) is 3.17. The number of amides is 2. The molecule has 21 heavy (non-hydrogen) atoms. The lowest BCUT2D eigenvalue weighted by atomic mass is 10.1. The number of anilines is 1. The van der Waals surface area contributed by atoms with Gasteiger partial charge in [-0.3, -0.25) is 0 Å². The second-order valence-electron chi connectivity index (χ2n) is 5.46. The fourth-order valence-corrected chi connectivity index (χ4v) is 2.61. The number of carboxylic acid groups (broad SMARTS) is 1. The van der Waals surface area contributed by atoms with Crippen molar-refractivity contribution in [1.29, 1.82) is 0 Å². The number of benzene rings is 1. The molecule has 0 radical (unpaired) electrons. The van der Waals surface area contributed by atoms with Crippen LogP contribution >= 0.6 is 15.9 Å². The van der Waals surface area contributed by atoms with Crippen molar-refractivity contribution in [2.24, 2.45) is 0 Å². The Morgan fingerprint density at radius 2 is 2.14 bits per heavy atom. The van der Waals surface area contributed by atoms with E-state index in [1.807, 2.05) is 13.8 Å². The summed E-state index contributed by atoms with van der Waals surface area (Å²) in [5, 5.41) is 11.7. The van der Waals surface area contributed by atoms with Crippen molar-refractivity contribution in [3.8, 4) is 0 Å². The lowest BCUT2D eigenvalue weighted by Gasteiger charge is -2.38. The van der Waals surface area contributed by atoms with Gasteiger partial charge in [0.25, 0.3) is 0 Å². The Morgan fingerprint density at radius 3 is 2.71 bits per heavy atom. The largest absolute Gasteiger partial charge is 0.478 e. The fourth-order valence-electron chi connectivity index (χ4n) is 2.13. The number of hydrogen-bond acceptors (Lipinski definition) is 3. The molecular formula is C14H17BrN2O4. The van der Waals surface area contributed by atoms with Gasteiger partial charge < -0.3 is 20.1 Å². The third kappa shape index (κ3) is 3.95. The van der Waals surface area contributed by atoms with E-state index in [0.717, 1.165) is 0 Å². The molecule has 0 saturated carbocycles. The first-order valence-electron chi connectivity index (χ1n) is 6.51. The molecule has 7 heteroatoms. The number of halogens is 1. The van der Waals surface area contributed by atoms with Crippen molar-refractivity contribution in [3.05, 3.63) is 28.2 Å². The summed E-state index contributed by atoms with van der Waals surface area (Å²) in [4.78, 5) is 24.8. The number of rotatable bonds is 2. The molecule has 1 fully saturated rings. The van der Waals surface area contributed by atoms with Crippen LogP contribution in [0.5, 0.6) is 0 Å². The Labute approximate surface area is 131 Å². The van der Waals surface area contributed by atoms with Gasteiger partial charge in [0.2, 0.25) is 0 Å². The van der Waals surface area contributed by atoms with Crippen molar-refractivity contribution in [2.75, 3.05) is 25.0 Å². The van der Waals surface area contributed by atoms with E-state index < -0.39 is 5.97 Å². The molecule has 0 aromatic heterocycles. The van der Waals surface area contributed by atoms with Gasteiger partial charge in [-0.15, -0.1) is 0 Å². The number of nitrogens with one attached hydrogen (secondary N) is 1. The van der Waals surface area contributed by atoms with Crippen molar-refractivity contribution in [1.82, 2.24) is 4.90 Å². The molecular weight excluding hydrogens is 340 g/mol. The number of morpholine rings is 1. The monoisotopic (exact) mass is 356 g/mol. The minimum Gasteiger partial charge on any atom is -0.478 e. The van der Waals surface area contributed by atoms with Crippen LogP contribution in [0.1, 0.15) is 24.2 Å². The van der Waals surface area contributed by atoms with Crippen molar-refractivity contribution < 1.29 is 19.4 Å². The highest BCUT2D eigenvalue weighted by molar-refractivity contribution is 9.10. The van der Waals surface area contributed by atoms with E-state index in [9.17, 15) is 9.59 Å². The molecule has 2 amide bonds. The maximum absolute atomic E-state index is 12.2. The molecule has 6 nitrogen and oxygen atoms in total. The number of nitrogens with zero attached hydrogens (tertiary/aromatic N) is 1. The van der Waals surface area contributed by atoms with E-state index in [1.54, 1.807) is 11.0 Å². The Kier molecular flexibility index (Phi) is 4.53. The number of carboxylic acids is 1. The van der Waals surface area contributed by atoms with Gasteiger partial charge in [-0.1, -0.05) is 0 Å². The minimum atomic E-state index is -1.01. The summed E-state index contributed by atoms with van der Waals surface area (Å²) in [6, 6.07) is 4.25. The molecule has 1 saturated heterocycles. The standard InChI is InChI=1S/C14H17BrN2O4/c1-14(2)8-17(5-6-21-14)13(20)16-11-4-3-9(12(18)19)7-10(11)15/h3-4,7H,5-6,8H2,1-2H3,(H,16,20)(H,18,19). The minimum absolute atomic E-state index is 0.160. The number of urea groups is 1. The highest BCUT2D eigenvalue weighted by Gasteiger charge is 2.30. The van der Waals surface area contributed by atoms with Gasteiger partial charge in [-0.05, 0) is 48.0 Å². The molecule has 0 spiro atoms. The van der Waals surface area contributed by atoms with Gasteiger partial charge in [-0.25, -0.2) is 9.59 Å². The van der Waals surface area contributed by atoms with Crippen LogP contribution in [0.3, 0.4) is 0 Å². The van der Waals surface area contributed by atoms with Gasteiger partial charge in [0.05, 0.1) is 30.0 Å². The van der Waals surface area contributed by atoms with E-state index in [2.05, 4.69) is 21.2 Å². The Bertz CT molecular complexity index is 574. The lowest BCUT2D eigenvalue weighted by molar-refractivity contribution is -0.0720. The second kappa shape index (κ2) is 6.03. The van der Waals surface area contributed by atoms with Gasteiger partial charge in [0, 0.05) is 11.0 Å². The van der Waals surface area contributed by atoms with E-state index >= 15 is 0 Å². The average Bonchev–Trinajstić information content (AvgIpc) is 2.39. The fraction of sp³-hybridized carbons (Fsp3) is 0.429. The van der Waals surface area contributed by atoms with Gasteiger partial charge >= 0.3 is 12.0 Å². The van der Waals surface area contributed by atoms with Crippen molar-refractivity contribution in [2.45, 2.75) is 19.4 Å². The van der Waals surface area contributed by atoms with Gasteiger partial charge in [-0.2, -0.15) is 0 Å². The van der Waals surface area contributed by atoms with Crippen LogP contribution < -0.4 is 5.32 Å². The number of ether oxygens (including phenoxy) is 1. The maximum Gasteiger partial charge on any atom is 0.335 e. The van der Waals surface area contributed by atoms with Crippen LogP contribution in [-0.4, -0.2) is 47.3 Å². The number of aromatic carboxylic acids is 1. The Hall–Kier alpha value is -1.60. The van der Waals surface area contributed by atoms with Crippen LogP contribution in [0.2, 0.25) is 0 Å². The number of hydrogen-bond donors (Lipinski definition) is 2. The first-order chi connectivity index (χ1) is 9.78. The van der Waals surface area contributed by atoms with Crippen LogP contribution in [0, 0.1) is 0 Å². The van der Waals surface area contributed by atoms with Crippen LogP contribution in [-0.2, 0) is 4.74 Å². The summed E-state index contributed by atoms with van der Waals surface area (Å²) >= 11 is 3.27. The summed E-state index contributed by atoms with van der Waals surface area (Å²) in [6.45, 7) is 5.40. The Balaban J connectivity index is 2.07. The SMILES string of the molecule is CC1(C)CN(C(=O)Nc2ccc(C(=O)O)cc2Br)CCO1. The molecule has 1 aromatic carbocycles. The van der Waals surface area contributed by atoms with Gasteiger partial charge in [0.15, 0.2) is 0 Å². The number of carbonyl (C=O) groups excluding carboxylic acids is 1. The zero-order valence-electron chi connectivity index (χ0n) is 11.9. The van der Waals surface area contributed by atoms with Gasteiger partial charge in [0.1, 0.15) is 0 Å². The summed E-state index contributed by atoms with van der Waals surface area (Å²) in [6.07, 6.45) is 0. The highest BCUT2D eigenvalue weighted by atomic mass is 79.9. The summed E-state index contributed by atoms with van der Waals surface area (Å²) in [5.74, 6) is -1.01. The van der Waals surface area contributed by atoms with E-state index in [0.29, 0.717) is 29.9 Å². The summed E-state index contributed by atoms with van der Waals surface area (Å²) in [5.41, 5.74) is 0.335. The first kappa shape index (κ1) is 15.8. The first-order valence-corrected chi connectivity index (χ1v) is 7.30. The van der Waals surface area contributed by atoms with E-state index in [-0.39, 0.29) is 17.2 Å². The Morgan fingerprint density at radius 1 is 1.43 bits per heavy atom. The van der Waals surface area contributed by atoms with E-state index in [1.165, 1.54) is 12.1 Å². The third-order valence-corrected chi connectivity index (χ3v) is 3.83. The average molecular weight is 357 g/mol. The molecule has 1 aliphatic heterocycles. The lowest BCUT2D eigenvalue weighted by Crippen LogP contribution is -2.51. The molecule has 114 valence electrons. The molecule has 0 atom stereocenters. The second-order valence-corrected chi connectivity index (χ2v) is 6.31. The zero-order valence-corrected chi connectivity index (χ0v) is 13.4. The van der Waals surface area contributed by atoms with Crippen LogP contribution in [0.4, 0.5) is 10.5 Å². The van der Waals surface area contributed by atoms with Crippen LogP contribution in [0.25, 0.3) is 0 Å². The molecule has 2 rings (SSSR count). The topological polar surface area (TPSA) is 78.9 Å². The summed E-state index contributed by atoms with van der Waals surface area (Å²) in [7, 11) is 0. The maximum atomic E-state index is 12.2. The molecule has 0 bridgehead atoms. The molecule has 0 unspecified atom stereocenters. The van der Waals surface area contributed by atoms with Crippen LogP contribution in [0.15, 0.2) is 22.7 Å². The number of carbonyl (C=O) groups is 2. The quantitative estimate of drug-likeness (QED) is 0.853. The molecule has 2 N–H and O–H groups in total. The molecule has 1 aromatic rings. The molecule has 1 heterocycles. The molecule has 0 aliphatic carbocycles. The molecule has 1 aliphatic rings.